The van der Waals surface area contributed by atoms with Gasteiger partial charge in [-0.05, 0) is 32.1 Å². The van der Waals surface area contributed by atoms with Gasteiger partial charge in [0.05, 0.1) is 6.61 Å². The van der Waals surface area contributed by atoms with E-state index in [0.717, 1.165) is 31.4 Å². The summed E-state index contributed by atoms with van der Waals surface area (Å²) < 4.78 is 10.9. The van der Waals surface area contributed by atoms with Gasteiger partial charge in [-0.3, -0.25) is 0 Å². The van der Waals surface area contributed by atoms with E-state index in [-0.39, 0.29) is 0 Å². The van der Waals surface area contributed by atoms with E-state index >= 15 is 0 Å². The Labute approximate surface area is 147 Å². The van der Waals surface area contributed by atoms with E-state index in [1.54, 1.807) is 0 Å². The Morgan fingerprint density at radius 2 is 1.32 bits per heavy atom. The van der Waals surface area contributed by atoms with Crippen LogP contribution in [-0.2, 0) is 9.47 Å². The van der Waals surface area contributed by atoms with Crippen LogP contribution in [0.4, 0.5) is 0 Å². The first-order chi connectivity index (χ1) is 10.9. The highest BCUT2D eigenvalue weighted by Gasteiger charge is 1.91. The van der Waals surface area contributed by atoms with E-state index in [2.05, 4.69) is 35.0 Å². The number of halogens is 1. The highest BCUT2D eigenvalue weighted by Crippen LogP contribution is 2.08. The van der Waals surface area contributed by atoms with Crippen molar-refractivity contribution in [1.82, 2.24) is 0 Å². The molecule has 132 valence electrons. The first-order valence-electron chi connectivity index (χ1n) is 9.28. The molecule has 0 N–H and O–H groups in total. The van der Waals surface area contributed by atoms with E-state index in [9.17, 15) is 0 Å². The molecule has 0 aromatic rings. The number of ether oxygens (including phenoxy) is 2. The molecule has 0 rings (SSSR count). The van der Waals surface area contributed by atoms with Crippen molar-refractivity contribution in [2.75, 3.05) is 25.3 Å². The van der Waals surface area contributed by atoms with Gasteiger partial charge in [-0.25, -0.2) is 0 Å². The van der Waals surface area contributed by atoms with Crippen molar-refractivity contribution in [3.05, 3.63) is 12.2 Å². The van der Waals surface area contributed by atoms with Crippen molar-refractivity contribution in [1.29, 1.82) is 0 Å². The molecule has 22 heavy (non-hydrogen) atoms. The van der Waals surface area contributed by atoms with E-state index in [4.69, 9.17) is 9.47 Å². The van der Waals surface area contributed by atoms with Crippen molar-refractivity contribution in [3.63, 3.8) is 0 Å². The molecule has 2 nitrogen and oxygen atoms in total. The highest BCUT2D eigenvalue weighted by molar-refractivity contribution is 9.09. The lowest BCUT2D eigenvalue weighted by molar-refractivity contribution is -0.0531. The zero-order chi connectivity index (χ0) is 16.1. The fraction of sp³-hybridized carbons (Fsp3) is 0.895. The van der Waals surface area contributed by atoms with Gasteiger partial charge >= 0.3 is 0 Å². The number of allylic oxidation sites excluding steroid dienone is 1. The van der Waals surface area contributed by atoms with Crippen LogP contribution in [-0.4, -0.2) is 25.3 Å². The Morgan fingerprint density at radius 1 is 0.682 bits per heavy atom. The van der Waals surface area contributed by atoms with Crippen LogP contribution in [0.1, 0.15) is 84.0 Å². The molecular weight excluding hydrogens is 340 g/mol. The number of hydrogen-bond acceptors (Lipinski definition) is 2. The molecular formula is C19H37BrO2. The molecule has 0 fully saturated rings. The molecule has 0 aromatic heterocycles. The normalized spacial score (nSPS) is 11.5. The summed E-state index contributed by atoms with van der Waals surface area (Å²) >= 11 is 3.47. The molecule has 0 saturated heterocycles. The van der Waals surface area contributed by atoms with Gasteiger partial charge in [0.2, 0.25) is 0 Å². The van der Waals surface area contributed by atoms with Gasteiger partial charge in [-0.15, -0.1) is 0 Å². The maximum Gasteiger partial charge on any atom is 0.146 e. The summed E-state index contributed by atoms with van der Waals surface area (Å²) in [5, 5.41) is 1.15. The van der Waals surface area contributed by atoms with Gasteiger partial charge in [0.15, 0.2) is 0 Å². The topological polar surface area (TPSA) is 18.5 Å². The Balaban J connectivity index is 3.02. The first-order valence-corrected chi connectivity index (χ1v) is 10.4. The molecule has 0 radical (unpaired) electrons. The molecule has 0 spiro atoms. The minimum atomic E-state index is 0.453. The second kappa shape index (κ2) is 21.1. The molecule has 0 amide bonds. The predicted octanol–water partition coefficient (Wildman–Crippen LogP) is 6.63. The largest absolute Gasteiger partial charge is 0.355 e. The van der Waals surface area contributed by atoms with Crippen LogP contribution in [0.5, 0.6) is 0 Å². The zero-order valence-corrected chi connectivity index (χ0v) is 16.2. The van der Waals surface area contributed by atoms with Crippen LogP contribution >= 0.6 is 15.9 Å². The standard InChI is InChI=1S/C19H37BrO2/c1-2-3-4-14-17-21-19-22-18-15-12-10-8-6-5-7-9-11-13-16-20/h10,12H,2-9,11,13-19H2,1H3. The van der Waals surface area contributed by atoms with E-state index in [0.29, 0.717) is 6.79 Å². The van der Waals surface area contributed by atoms with Crippen LogP contribution in [0.15, 0.2) is 12.2 Å². The molecule has 0 aliphatic heterocycles. The molecule has 0 aliphatic carbocycles. The Morgan fingerprint density at radius 3 is 2.09 bits per heavy atom. The quantitative estimate of drug-likeness (QED) is 0.116. The van der Waals surface area contributed by atoms with Crippen molar-refractivity contribution in [3.8, 4) is 0 Å². The molecule has 0 unspecified atom stereocenters. The van der Waals surface area contributed by atoms with Crippen molar-refractivity contribution in [2.24, 2.45) is 0 Å². The van der Waals surface area contributed by atoms with Crippen molar-refractivity contribution >= 4 is 15.9 Å². The van der Waals surface area contributed by atoms with Gasteiger partial charge in [-0.2, -0.15) is 0 Å². The number of alkyl halides is 1. The average molecular weight is 377 g/mol. The second-order valence-corrected chi connectivity index (χ2v) is 6.65. The SMILES string of the molecule is CCCCCCOCOCCC=CCCCCCCCCBr. The summed E-state index contributed by atoms with van der Waals surface area (Å²) in [6, 6.07) is 0. The smallest absolute Gasteiger partial charge is 0.146 e. The van der Waals surface area contributed by atoms with E-state index in [1.807, 2.05) is 0 Å². The Kier molecular flexibility index (Phi) is 21.3. The molecule has 0 saturated carbocycles. The van der Waals surface area contributed by atoms with Gasteiger partial charge in [0, 0.05) is 11.9 Å². The highest BCUT2D eigenvalue weighted by atomic mass is 79.9. The molecule has 0 heterocycles. The molecule has 0 aromatic carbocycles. The number of rotatable bonds is 18. The number of unbranched alkanes of at least 4 members (excludes halogenated alkanes) is 9. The summed E-state index contributed by atoms with van der Waals surface area (Å²) in [6.07, 6.45) is 20.0. The lowest BCUT2D eigenvalue weighted by atomic mass is 10.1. The summed E-state index contributed by atoms with van der Waals surface area (Å²) in [6.45, 7) is 4.29. The van der Waals surface area contributed by atoms with E-state index in [1.165, 1.54) is 64.2 Å². The maximum absolute atomic E-state index is 5.45. The minimum Gasteiger partial charge on any atom is -0.355 e. The molecule has 3 heteroatoms. The minimum absolute atomic E-state index is 0.453. The lowest BCUT2D eigenvalue weighted by Crippen LogP contribution is -2.02. The van der Waals surface area contributed by atoms with Gasteiger partial charge in [-0.1, -0.05) is 80.0 Å². The van der Waals surface area contributed by atoms with Crippen LogP contribution in [0.25, 0.3) is 0 Å². The van der Waals surface area contributed by atoms with Crippen LogP contribution in [0.3, 0.4) is 0 Å². The molecule has 0 atom stereocenters. The van der Waals surface area contributed by atoms with Crippen LogP contribution in [0, 0.1) is 0 Å². The Hall–Kier alpha value is 0.140. The predicted molar refractivity (Wildman–Crippen MR) is 101 cm³/mol. The van der Waals surface area contributed by atoms with Crippen LogP contribution in [0.2, 0.25) is 0 Å². The third kappa shape index (κ3) is 20.1. The maximum atomic E-state index is 5.45. The van der Waals surface area contributed by atoms with E-state index < -0.39 is 0 Å². The second-order valence-electron chi connectivity index (χ2n) is 5.85. The lowest BCUT2D eigenvalue weighted by Gasteiger charge is -2.04. The van der Waals surface area contributed by atoms with Crippen LogP contribution < -0.4 is 0 Å². The van der Waals surface area contributed by atoms with Gasteiger partial charge in [0.25, 0.3) is 0 Å². The number of hydrogen-bond donors (Lipinski definition) is 0. The summed E-state index contributed by atoms with van der Waals surface area (Å²) in [5.41, 5.74) is 0. The monoisotopic (exact) mass is 376 g/mol. The molecule has 0 bridgehead atoms. The Bertz CT molecular complexity index is 219. The van der Waals surface area contributed by atoms with Gasteiger partial charge in [0.1, 0.15) is 6.79 Å². The van der Waals surface area contributed by atoms with Crippen molar-refractivity contribution in [2.45, 2.75) is 84.0 Å². The third-order valence-corrected chi connectivity index (χ3v) is 4.22. The fourth-order valence-electron chi connectivity index (χ4n) is 2.26. The summed E-state index contributed by atoms with van der Waals surface area (Å²) in [7, 11) is 0. The molecule has 0 aliphatic rings. The zero-order valence-electron chi connectivity index (χ0n) is 14.7. The van der Waals surface area contributed by atoms with Gasteiger partial charge < -0.3 is 9.47 Å². The van der Waals surface area contributed by atoms with Crippen molar-refractivity contribution < 1.29 is 9.47 Å². The third-order valence-electron chi connectivity index (χ3n) is 3.66. The summed E-state index contributed by atoms with van der Waals surface area (Å²) in [5.74, 6) is 0. The first kappa shape index (κ1) is 22.1. The fourth-order valence-corrected chi connectivity index (χ4v) is 2.66. The summed E-state index contributed by atoms with van der Waals surface area (Å²) in [4.78, 5) is 0. The average Bonchev–Trinajstić information content (AvgIpc) is 2.54.